The van der Waals surface area contributed by atoms with E-state index in [-0.39, 0.29) is 17.9 Å². The summed E-state index contributed by atoms with van der Waals surface area (Å²) >= 11 is 3.25. The maximum absolute atomic E-state index is 12.0. The van der Waals surface area contributed by atoms with Crippen LogP contribution < -0.4 is 4.72 Å². The fourth-order valence-electron chi connectivity index (χ4n) is 1.77. The van der Waals surface area contributed by atoms with Gasteiger partial charge in [0.25, 0.3) is 0 Å². The quantitative estimate of drug-likeness (QED) is 0.889. The standard InChI is InChI=1S/C10H12BrNO4S2/c11-8-1-3-9(4-2-8)12-18(15,16)10-5-6-17(13,14)7-10/h1-4,10,12H,5-7H2/t10-/m1/s1. The number of benzene rings is 1. The highest BCUT2D eigenvalue weighted by Gasteiger charge is 2.37. The molecule has 0 bridgehead atoms. The number of anilines is 1. The molecule has 1 aromatic carbocycles. The Morgan fingerprint density at radius 3 is 2.33 bits per heavy atom. The van der Waals surface area contributed by atoms with Crippen LogP contribution in [0.1, 0.15) is 6.42 Å². The summed E-state index contributed by atoms with van der Waals surface area (Å²) in [4.78, 5) is 0. The first-order valence-electron chi connectivity index (χ1n) is 5.26. The van der Waals surface area contributed by atoms with Crippen LogP contribution in [0.4, 0.5) is 5.69 Å². The van der Waals surface area contributed by atoms with E-state index in [0.29, 0.717) is 5.69 Å². The van der Waals surface area contributed by atoms with Crippen molar-refractivity contribution in [3.8, 4) is 0 Å². The summed E-state index contributed by atoms with van der Waals surface area (Å²) in [7, 11) is -6.85. The molecule has 0 unspecified atom stereocenters. The van der Waals surface area contributed by atoms with Gasteiger partial charge in [-0.05, 0) is 30.7 Å². The molecular weight excluding hydrogens is 342 g/mol. The molecule has 8 heteroatoms. The number of nitrogens with one attached hydrogen (secondary N) is 1. The van der Waals surface area contributed by atoms with Crippen LogP contribution in [0.15, 0.2) is 28.7 Å². The first-order valence-corrected chi connectivity index (χ1v) is 9.42. The minimum Gasteiger partial charge on any atom is -0.283 e. The van der Waals surface area contributed by atoms with Crippen molar-refractivity contribution in [2.45, 2.75) is 11.7 Å². The second kappa shape index (κ2) is 4.82. The Kier molecular flexibility index (Phi) is 3.70. The van der Waals surface area contributed by atoms with E-state index in [4.69, 9.17) is 0 Å². The summed E-state index contributed by atoms with van der Waals surface area (Å²) in [6.45, 7) is 0. The van der Waals surface area contributed by atoms with Gasteiger partial charge in [-0.15, -0.1) is 0 Å². The highest BCUT2D eigenvalue weighted by Crippen LogP contribution is 2.22. The third-order valence-corrected chi connectivity index (χ3v) is 7.04. The molecule has 5 nitrogen and oxygen atoms in total. The maximum Gasteiger partial charge on any atom is 0.236 e. The van der Waals surface area contributed by atoms with E-state index < -0.39 is 25.1 Å². The molecule has 1 N–H and O–H groups in total. The van der Waals surface area contributed by atoms with Gasteiger partial charge in [0.2, 0.25) is 10.0 Å². The van der Waals surface area contributed by atoms with E-state index in [0.717, 1.165) is 4.47 Å². The van der Waals surface area contributed by atoms with Gasteiger partial charge in [-0.2, -0.15) is 0 Å². The molecule has 0 amide bonds. The van der Waals surface area contributed by atoms with Gasteiger partial charge in [-0.25, -0.2) is 16.8 Å². The van der Waals surface area contributed by atoms with Crippen LogP contribution in [-0.2, 0) is 19.9 Å². The second-order valence-electron chi connectivity index (χ2n) is 4.18. The normalized spacial score (nSPS) is 22.8. The predicted molar refractivity (Wildman–Crippen MR) is 73.7 cm³/mol. The number of sulfonamides is 1. The second-order valence-corrected chi connectivity index (χ2v) is 9.28. The van der Waals surface area contributed by atoms with Gasteiger partial charge in [0.1, 0.15) is 0 Å². The molecular formula is C10H12BrNO4S2. The molecule has 2 rings (SSSR count). The first-order chi connectivity index (χ1) is 8.28. The largest absolute Gasteiger partial charge is 0.283 e. The number of halogens is 1. The fourth-order valence-corrected chi connectivity index (χ4v) is 6.13. The van der Waals surface area contributed by atoms with Crippen molar-refractivity contribution >= 4 is 41.5 Å². The van der Waals surface area contributed by atoms with Crippen molar-refractivity contribution < 1.29 is 16.8 Å². The SMILES string of the molecule is O=S1(=O)CC[C@@H](S(=O)(=O)Nc2ccc(Br)cc2)C1. The number of hydrogen-bond donors (Lipinski definition) is 1. The zero-order valence-electron chi connectivity index (χ0n) is 9.34. The van der Waals surface area contributed by atoms with Crippen LogP contribution >= 0.6 is 15.9 Å². The Morgan fingerprint density at radius 1 is 1.22 bits per heavy atom. The molecule has 0 spiro atoms. The van der Waals surface area contributed by atoms with Gasteiger partial charge in [-0.3, -0.25) is 4.72 Å². The van der Waals surface area contributed by atoms with Gasteiger partial charge in [0, 0.05) is 10.2 Å². The van der Waals surface area contributed by atoms with Gasteiger partial charge >= 0.3 is 0 Å². The number of hydrogen-bond acceptors (Lipinski definition) is 4. The highest BCUT2D eigenvalue weighted by molar-refractivity contribution is 9.10. The van der Waals surface area contributed by atoms with E-state index in [1.54, 1.807) is 24.3 Å². The molecule has 1 fully saturated rings. The molecule has 18 heavy (non-hydrogen) atoms. The van der Waals surface area contributed by atoms with E-state index in [1.807, 2.05) is 0 Å². The summed E-state index contributed by atoms with van der Waals surface area (Å²) in [6.07, 6.45) is 0.161. The van der Waals surface area contributed by atoms with Gasteiger partial charge in [-0.1, -0.05) is 15.9 Å². The maximum atomic E-state index is 12.0. The Hall–Kier alpha value is -0.600. The summed E-state index contributed by atoms with van der Waals surface area (Å²) < 4.78 is 49.8. The molecule has 0 aromatic heterocycles. The first kappa shape index (κ1) is 13.8. The third-order valence-electron chi connectivity index (χ3n) is 2.73. The van der Waals surface area contributed by atoms with E-state index >= 15 is 0 Å². The number of sulfone groups is 1. The van der Waals surface area contributed by atoms with E-state index in [2.05, 4.69) is 20.7 Å². The Morgan fingerprint density at radius 2 is 1.83 bits per heavy atom. The lowest BCUT2D eigenvalue weighted by Crippen LogP contribution is -2.28. The molecule has 1 aliphatic rings. The lowest BCUT2D eigenvalue weighted by Gasteiger charge is -2.12. The highest BCUT2D eigenvalue weighted by atomic mass is 79.9. The molecule has 100 valence electrons. The lowest BCUT2D eigenvalue weighted by atomic mass is 10.3. The fraction of sp³-hybridized carbons (Fsp3) is 0.400. The average Bonchev–Trinajstić information content (AvgIpc) is 2.63. The van der Waals surface area contributed by atoms with E-state index in [1.165, 1.54) is 0 Å². The van der Waals surface area contributed by atoms with Gasteiger partial charge < -0.3 is 0 Å². The molecule has 0 saturated carbocycles. The van der Waals surface area contributed by atoms with Crippen molar-refractivity contribution in [2.24, 2.45) is 0 Å². The van der Waals surface area contributed by atoms with Crippen molar-refractivity contribution in [1.29, 1.82) is 0 Å². The minimum atomic E-state index is -3.64. The zero-order chi connectivity index (χ0) is 13.4. The van der Waals surface area contributed by atoms with Gasteiger partial charge in [0.05, 0.1) is 16.8 Å². The van der Waals surface area contributed by atoms with Crippen molar-refractivity contribution in [3.05, 3.63) is 28.7 Å². The lowest BCUT2D eigenvalue weighted by molar-refractivity contribution is 0.587. The minimum absolute atomic E-state index is 0.0566. The smallest absolute Gasteiger partial charge is 0.236 e. The average molecular weight is 354 g/mol. The third kappa shape index (κ3) is 3.24. The Bertz CT molecular complexity index is 637. The molecule has 1 saturated heterocycles. The van der Waals surface area contributed by atoms with Crippen LogP contribution in [0, 0.1) is 0 Å². The van der Waals surface area contributed by atoms with Crippen molar-refractivity contribution in [3.63, 3.8) is 0 Å². The summed E-state index contributed by atoms with van der Waals surface area (Å²) in [6, 6.07) is 6.66. The molecule has 1 atom stereocenters. The van der Waals surface area contributed by atoms with Gasteiger partial charge in [0.15, 0.2) is 9.84 Å². The topological polar surface area (TPSA) is 80.3 Å². The van der Waals surface area contributed by atoms with Crippen LogP contribution in [-0.4, -0.2) is 33.6 Å². The Labute approximate surface area is 115 Å². The molecule has 0 radical (unpaired) electrons. The molecule has 1 aromatic rings. The zero-order valence-corrected chi connectivity index (χ0v) is 12.6. The molecule has 0 aliphatic carbocycles. The predicted octanol–water partition coefficient (Wildman–Crippen LogP) is 1.38. The van der Waals surface area contributed by atoms with Crippen molar-refractivity contribution in [2.75, 3.05) is 16.2 Å². The number of rotatable bonds is 3. The summed E-state index contributed by atoms with van der Waals surface area (Å²) in [5, 5.41) is -0.855. The van der Waals surface area contributed by atoms with E-state index in [9.17, 15) is 16.8 Å². The van der Waals surface area contributed by atoms with Crippen LogP contribution in [0.2, 0.25) is 0 Å². The molecule has 1 heterocycles. The van der Waals surface area contributed by atoms with Crippen molar-refractivity contribution in [1.82, 2.24) is 0 Å². The summed E-state index contributed by atoms with van der Waals surface area (Å²) in [5.74, 6) is -0.349. The summed E-state index contributed by atoms with van der Waals surface area (Å²) in [5.41, 5.74) is 0.433. The Balaban J connectivity index is 2.15. The van der Waals surface area contributed by atoms with Crippen LogP contribution in [0.25, 0.3) is 0 Å². The monoisotopic (exact) mass is 353 g/mol. The van der Waals surface area contributed by atoms with Crippen LogP contribution in [0.3, 0.4) is 0 Å². The van der Waals surface area contributed by atoms with Crippen LogP contribution in [0.5, 0.6) is 0 Å². The molecule has 1 aliphatic heterocycles.